The van der Waals surface area contributed by atoms with Crippen LogP contribution >= 0.6 is 11.6 Å². The number of amides is 1. The van der Waals surface area contributed by atoms with Gasteiger partial charge >= 0.3 is 0 Å². The predicted molar refractivity (Wildman–Crippen MR) is 116 cm³/mol. The summed E-state index contributed by atoms with van der Waals surface area (Å²) >= 11 is 6.06. The highest BCUT2D eigenvalue weighted by molar-refractivity contribution is 6.30. The first-order valence-electron chi connectivity index (χ1n) is 9.98. The summed E-state index contributed by atoms with van der Waals surface area (Å²) in [5.41, 5.74) is 4.36. The molecule has 1 aliphatic carbocycles. The number of halogens is 1. The number of para-hydroxylation sites is 1. The van der Waals surface area contributed by atoms with Gasteiger partial charge in [-0.3, -0.25) is 4.79 Å². The summed E-state index contributed by atoms with van der Waals surface area (Å²) in [5, 5.41) is 1.61. The first-order valence-corrected chi connectivity index (χ1v) is 10.4. The van der Waals surface area contributed by atoms with Crippen molar-refractivity contribution in [3.8, 4) is 11.3 Å². The van der Waals surface area contributed by atoms with Crippen LogP contribution in [0.4, 0.5) is 0 Å². The third-order valence-corrected chi connectivity index (χ3v) is 6.16. The maximum Gasteiger partial charge on any atom is 0.254 e. The molecular formula is C24H25ClN2O. The van der Waals surface area contributed by atoms with E-state index in [-0.39, 0.29) is 5.91 Å². The highest BCUT2D eigenvalue weighted by Crippen LogP contribution is 2.32. The molecule has 0 radical (unpaired) electrons. The molecule has 4 heteroatoms. The van der Waals surface area contributed by atoms with Gasteiger partial charge < -0.3 is 4.90 Å². The minimum atomic E-state index is 0.0956. The Bertz CT molecular complexity index is 1010. The maximum absolute atomic E-state index is 13.6. The molecule has 3 nitrogen and oxygen atoms in total. The molecule has 0 atom stereocenters. The third kappa shape index (κ3) is 3.51. The first kappa shape index (κ1) is 18.9. The fourth-order valence-corrected chi connectivity index (χ4v) is 4.41. The number of hydrogen-bond donors (Lipinski definition) is 0. The first-order chi connectivity index (χ1) is 13.6. The molecule has 1 saturated carbocycles. The summed E-state index contributed by atoms with van der Waals surface area (Å²) in [6.07, 6.45) is 5.86. The minimum absolute atomic E-state index is 0.0956. The van der Waals surface area contributed by atoms with Crippen LogP contribution in [0, 0.1) is 6.92 Å². The smallest absolute Gasteiger partial charge is 0.254 e. The van der Waals surface area contributed by atoms with Crippen molar-refractivity contribution in [2.45, 2.75) is 45.1 Å². The Kier molecular flexibility index (Phi) is 5.36. The summed E-state index contributed by atoms with van der Waals surface area (Å²) in [4.78, 5) is 20.4. The van der Waals surface area contributed by atoms with Crippen molar-refractivity contribution in [3.63, 3.8) is 0 Å². The Labute approximate surface area is 171 Å². The summed E-state index contributed by atoms with van der Waals surface area (Å²) < 4.78 is 0. The largest absolute Gasteiger partial charge is 0.339 e. The van der Waals surface area contributed by atoms with Crippen LogP contribution in [0.25, 0.3) is 22.2 Å². The zero-order valence-electron chi connectivity index (χ0n) is 16.4. The number of aromatic nitrogens is 1. The van der Waals surface area contributed by atoms with Gasteiger partial charge in [-0.1, -0.05) is 61.2 Å². The van der Waals surface area contributed by atoms with Gasteiger partial charge in [0.15, 0.2) is 0 Å². The normalized spacial score (nSPS) is 15.0. The van der Waals surface area contributed by atoms with E-state index < -0.39 is 0 Å². The lowest BCUT2D eigenvalue weighted by Gasteiger charge is -2.32. The molecule has 0 aliphatic heterocycles. The molecule has 1 heterocycles. The van der Waals surface area contributed by atoms with Crippen molar-refractivity contribution >= 4 is 28.4 Å². The average Bonchev–Trinajstić information content (AvgIpc) is 2.73. The van der Waals surface area contributed by atoms with Gasteiger partial charge in [-0.25, -0.2) is 4.98 Å². The molecule has 4 rings (SSSR count). The van der Waals surface area contributed by atoms with E-state index in [0.717, 1.165) is 46.1 Å². The molecule has 0 saturated heterocycles. The number of pyridine rings is 1. The van der Waals surface area contributed by atoms with E-state index in [4.69, 9.17) is 16.6 Å². The quantitative estimate of drug-likeness (QED) is 0.526. The molecule has 1 fully saturated rings. The fraction of sp³-hybridized carbons (Fsp3) is 0.333. The molecular weight excluding hydrogens is 368 g/mol. The Balaban J connectivity index is 1.85. The Morgan fingerprint density at radius 3 is 2.43 bits per heavy atom. The molecule has 2 aromatic carbocycles. The van der Waals surface area contributed by atoms with Gasteiger partial charge in [0.2, 0.25) is 0 Å². The Hall–Kier alpha value is -2.39. The van der Waals surface area contributed by atoms with Crippen molar-refractivity contribution < 1.29 is 4.79 Å². The van der Waals surface area contributed by atoms with E-state index in [2.05, 4.69) is 0 Å². The summed E-state index contributed by atoms with van der Waals surface area (Å²) in [5.74, 6) is 0.0956. The van der Waals surface area contributed by atoms with Gasteiger partial charge in [0, 0.05) is 29.1 Å². The van der Waals surface area contributed by atoms with Gasteiger partial charge in [-0.05, 0) is 43.5 Å². The predicted octanol–water partition coefficient (Wildman–Crippen LogP) is 6.27. The van der Waals surface area contributed by atoms with Gasteiger partial charge in [-0.2, -0.15) is 0 Å². The highest BCUT2D eigenvalue weighted by Gasteiger charge is 2.26. The van der Waals surface area contributed by atoms with Gasteiger partial charge in [-0.15, -0.1) is 0 Å². The molecule has 144 valence electrons. The van der Waals surface area contributed by atoms with Crippen molar-refractivity contribution in [3.05, 3.63) is 64.7 Å². The summed E-state index contributed by atoms with van der Waals surface area (Å²) in [6.45, 7) is 2.01. The van der Waals surface area contributed by atoms with Crippen LogP contribution in [0.15, 0.2) is 48.5 Å². The third-order valence-electron chi connectivity index (χ3n) is 5.91. The van der Waals surface area contributed by atoms with E-state index in [0.29, 0.717) is 11.1 Å². The second-order valence-electron chi connectivity index (χ2n) is 7.69. The molecule has 1 amide bonds. The van der Waals surface area contributed by atoms with Crippen LogP contribution in [0.3, 0.4) is 0 Å². The minimum Gasteiger partial charge on any atom is -0.339 e. The highest BCUT2D eigenvalue weighted by atomic mass is 35.5. The second kappa shape index (κ2) is 7.92. The van der Waals surface area contributed by atoms with Crippen LogP contribution in [-0.2, 0) is 0 Å². The molecule has 0 N–H and O–H groups in total. The standard InChI is InChI=1S/C24H25ClN2O/c1-16-22(24(28)27(2)19-8-4-3-5-9-19)20-10-6-7-11-21(20)26-23(16)17-12-14-18(25)15-13-17/h6-7,10-15,19H,3-5,8-9H2,1-2H3. The Morgan fingerprint density at radius 2 is 1.71 bits per heavy atom. The molecule has 0 bridgehead atoms. The van der Waals surface area contributed by atoms with E-state index in [9.17, 15) is 4.79 Å². The lowest BCUT2D eigenvalue weighted by Crippen LogP contribution is -2.38. The molecule has 0 spiro atoms. The van der Waals surface area contributed by atoms with Gasteiger partial charge in [0.1, 0.15) is 0 Å². The second-order valence-corrected chi connectivity index (χ2v) is 8.13. The van der Waals surface area contributed by atoms with Crippen molar-refractivity contribution in [2.75, 3.05) is 7.05 Å². The van der Waals surface area contributed by atoms with Crippen LogP contribution in [0.1, 0.15) is 48.0 Å². The van der Waals surface area contributed by atoms with E-state index in [1.807, 2.05) is 67.4 Å². The number of benzene rings is 2. The van der Waals surface area contributed by atoms with Crippen LogP contribution in [0.2, 0.25) is 5.02 Å². The molecule has 1 aromatic heterocycles. The van der Waals surface area contributed by atoms with Crippen LogP contribution < -0.4 is 0 Å². The SMILES string of the molecule is Cc1c(-c2ccc(Cl)cc2)nc2ccccc2c1C(=O)N(C)C1CCCCC1. The number of fused-ring (bicyclic) bond motifs is 1. The van der Waals surface area contributed by atoms with Crippen molar-refractivity contribution in [1.82, 2.24) is 9.88 Å². The number of nitrogens with zero attached hydrogens (tertiary/aromatic N) is 2. The number of carbonyl (C=O) groups is 1. The summed E-state index contributed by atoms with van der Waals surface area (Å²) in [7, 11) is 1.95. The summed E-state index contributed by atoms with van der Waals surface area (Å²) in [6, 6.07) is 15.9. The lowest BCUT2D eigenvalue weighted by atomic mass is 9.92. The number of carbonyl (C=O) groups excluding carboxylic acids is 1. The zero-order valence-corrected chi connectivity index (χ0v) is 17.2. The van der Waals surface area contributed by atoms with Gasteiger partial charge in [0.05, 0.1) is 16.8 Å². The lowest BCUT2D eigenvalue weighted by molar-refractivity contribution is 0.0697. The van der Waals surface area contributed by atoms with Crippen LogP contribution in [-0.4, -0.2) is 28.9 Å². The van der Waals surface area contributed by atoms with Gasteiger partial charge in [0.25, 0.3) is 5.91 Å². The van der Waals surface area contributed by atoms with Crippen molar-refractivity contribution in [1.29, 1.82) is 0 Å². The Morgan fingerprint density at radius 1 is 1.04 bits per heavy atom. The molecule has 0 unspecified atom stereocenters. The number of hydrogen-bond acceptors (Lipinski definition) is 2. The molecule has 28 heavy (non-hydrogen) atoms. The van der Waals surface area contributed by atoms with E-state index in [1.165, 1.54) is 19.3 Å². The molecule has 3 aromatic rings. The van der Waals surface area contributed by atoms with E-state index >= 15 is 0 Å². The monoisotopic (exact) mass is 392 g/mol. The van der Waals surface area contributed by atoms with Crippen LogP contribution in [0.5, 0.6) is 0 Å². The van der Waals surface area contributed by atoms with Crippen molar-refractivity contribution in [2.24, 2.45) is 0 Å². The molecule has 1 aliphatic rings. The van der Waals surface area contributed by atoms with E-state index in [1.54, 1.807) is 0 Å². The fourth-order valence-electron chi connectivity index (χ4n) is 4.28. The zero-order chi connectivity index (χ0) is 19.7. The topological polar surface area (TPSA) is 33.2 Å². The maximum atomic E-state index is 13.6. The average molecular weight is 393 g/mol. The number of rotatable bonds is 3.